The monoisotopic (exact) mass is 333 g/mol. The molecule has 0 bridgehead atoms. The lowest BCUT2D eigenvalue weighted by Crippen LogP contribution is -2.41. The van der Waals surface area contributed by atoms with Crippen molar-refractivity contribution in [3.63, 3.8) is 0 Å². The molecule has 23 heavy (non-hydrogen) atoms. The van der Waals surface area contributed by atoms with Crippen LogP contribution in [-0.2, 0) is 20.0 Å². The number of benzene rings is 2. The van der Waals surface area contributed by atoms with Crippen LogP contribution in [0.1, 0.15) is 12.5 Å². The Morgan fingerprint density at radius 2 is 1.70 bits per heavy atom. The lowest BCUT2D eigenvalue weighted by atomic mass is 9.86. The summed E-state index contributed by atoms with van der Waals surface area (Å²) in [6.07, 6.45) is 0. The first-order valence-corrected chi connectivity index (χ1v) is 8.77. The average Bonchev–Trinajstić information content (AvgIpc) is 2.70. The molecule has 0 radical (unpaired) electrons. The van der Waals surface area contributed by atoms with Gasteiger partial charge in [0.25, 0.3) is 0 Å². The minimum absolute atomic E-state index is 0.0139. The molecule has 0 N–H and O–H groups in total. The Kier molecular flexibility index (Phi) is 3.52. The highest BCUT2D eigenvalue weighted by atomic mass is 32.2. The third-order valence-corrected chi connectivity index (χ3v) is 6.24. The number of hydrogen-bond acceptors (Lipinski definition) is 3. The highest BCUT2D eigenvalue weighted by Gasteiger charge is 2.48. The molecule has 4 nitrogen and oxygen atoms in total. The van der Waals surface area contributed by atoms with Crippen LogP contribution < -0.4 is 4.90 Å². The number of carbonyl (C=O) groups is 1. The molecule has 0 spiro atoms. The summed E-state index contributed by atoms with van der Waals surface area (Å²) >= 11 is 0. The third kappa shape index (κ3) is 2.43. The molecule has 0 saturated carbocycles. The van der Waals surface area contributed by atoms with E-state index in [4.69, 9.17) is 0 Å². The SMILES string of the molecule is CN1C(=O)C(C)(CS(=O)(=O)c2ccc(F)cc2)c2ccccc21. The van der Waals surface area contributed by atoms with Crippen molar-refractivity contribution in [1.82, 2.24) is 0 Å². The van der Waals surface area contributed by atoms with E-state index in [1.54, 1.807) is 32.2 Å². The van der Waals surface area contributed by atoms with Gasteiger partial charge in [0.15, 0.2) is 9.84 Å². The van der Waals surface area contributed by atoms with Crippen LogP contribution in [0.15, 0.2) is 53.4 Å². The smallest absolute Gasteiger partial charge is 0.238 e. The van der Waals surface area contributed by atoms with Crippen molar-refractivity contribution in [3.05, 3.63) is 59.9 Å². The van der Waals surface area contributed by atoms with E-state index in [1.807, 2.05) is 6.07 Å². The lowest BCUT2D eigenvalue weighted by Gasteiger charge is -2.23. The number of carbonyl (C=O) groups excluding carboxylic acids is 1. The molecule has 6 heteroatoms. The largest absolute Gasteiger partial charge is 0.314 e. The normalized spacial score (nSPS) is 20.7. The second-order valence-electron chi connectivity index (χ2n) is 5.93. The number of likely N-dealkylation sites (N-methyl/N-ethyl adjacent to an activating group) is 1. The molecule has 0 aromatic heterocycles. The first kappa shape index (κ1) is 15.7. The molecule has 0 aliphatic carbocycles. The standard InChI is InChI=1S/C17H16FNO3S/c1-17(11-23(21,22)13-9-7-12(18)8-10-13)14-5-3-4-6-15(14)19(2)16(17)20/h3-10H,11H2,1-2H3. The van der Waals surface area contributed by atoms with Crippen LogP contribution in [0.2, 0.25) is 0 Å². The molecule has 1 aliphatic rings. The van der Waals surface area contributed by atoms with Gasteiger partial charge in [-0.15, -0.1) is 0 Å². The molecule has 2 aromatic carbocycles. The lowest BCUT2D eigenvalue weighted by molar-refractivity contribution is -0.121. The second kappa shape index (κ2) is 5.16. The van der Waals surface area contributed by atoms with E-state index in [0.717, 1.165) is 12.1 Å². The average molecular weight is 333 g/mol. The number of halogens is 1. The molecule has 0 saturated heterocycles. The van der Waals surface area contributed by atoms with Crippen molar-refractivity contribution in [1.29, 1.82) is 0 Å². The quantitative estimate of drug-likeness (QED) is 0.811. The van der Waals surface area contributed by atoms with E-state index in [2.05, 4.69) is 0 Å². The van der Waals surface area contributed by atoms with Crippen molar-refractivity contribution in [2.45, 2.75) is 17.2 Å². The molecule has 1 amide bonds. The number of anilines is 1. The van der Waals surface area contributed by atoms with Gasteiger partial charge in [-0.1, -0.05) is 18.2 Å². The van der Waals surface area contributed by atoms with Gasteiger partial charge in [0.2, 0.25) is 5.91 Å². The van der Waals surface area contributed by atoms with Gasteiger partial charge in [0, 0.05) is 12.7 Å². The molecule has 1 heterocycles. The Labute approximate surface area is 134 Å². The summed E-state index contributed by atoms with van der Waals surface area (Å²) in [6.45, 7) is 1.64. The summed E-state index contributed by atoms with van der Waals surface area (Å²) in [5.41, 5.74) is 0.256. The zero-order valence-corrected chi connectivity index (χ0v) is 13.6. The highest BCUT2D eigenvalue weighted by molar-refractivity contribution is 7.91. The fraction of sp³-hybridized carbons (Fsp3) is 0.235. The van der Waals surface area contributed by atoms with Crippen LogP contribution in [0, 0.1) is 5.82 Å². The Balaban J connectivity index is 2.05. The fourth-order valence-electron chi connectivity index (χ4n) is 3.07. The summed E-state index contributed by atoms with van der Waals surface area (Å²) in [4.78, 5) is 14.1. The number of amides is 1. The van der Waals surface area contributed by atoms with Crippen molar-refractivity contribution in [3.8, 4) is 0 Å². The van der Waals surface area contributed by atoms with Gasteiger partial charge in [0.1, 0.15) is 5.82 Å². The first-order valence-electron chi connectivity index (χ1n) is 7.12. The summed E-state index contributed by atoms with van der Waals surface area (Å²) < 4.78 is 38.4. The third-order valence-electron chi connectivity index (χ3n) is 4.29. The van der Waals surface area contributed by atoms with Gasteiger partial charge in [-0.2, -0.15) is 0 Å². The van der Waals surface area contributed by atoms with E-state index >= 15 is 0 Å². The predicted molar refractivity (Wildman–Crippen MR) is 85.7 cm³/mol. The van der Waals surface area contributed by atoms with Gasteiger partial charge < -0.3 is 4.90 Å². The molecular weight excluding hydrogens is 317 g/mol. The Hall–Kier alpha value is -2.21. The molecule has 1 aliphatic heterocycles. The van der Waals surface area contributed by atoms with Crippen LogP contribution >= 0.6 is 0 Å². The zero-order valence-electron chi connectivity index (χ0n) is 12.8. The number of rotatable bonds is 3. The van der Waals surface area contributed by atoms with E-state index in [-0.39, 0.29) is 16.6 Å². The molecule has 0 fully saturated rings. The van der Waals surface area contributed by atoms with E-state index < -0.39 is 21.1 Å². The fourth-order valence-corrected chi connectivity index (χ4v) is 4.83. The van der Waals surface area contributed by atoms with Gasteiger partial charge >= 0.3 is 0 Å². The van der Waals surface area contributed by atoms with Crippen molar-refractivity contribution in [2.24, 2.45) is 0 Å². The minimum atomic E-state index is -3.73. The summed E-state index contributed by atoms with van der Waals surface area (Å²) in [6, 6.07) is 11.8. The number of fused-ring (bicyclic) bond motifs is 1. The number of para-hydroxylation sites is 1. The molecule has 3 rings (SSSR count). The maximum Gasteiger partial charge on any atom is 0.238 e. The van der Waals surface area contributed by atoms with E-state index in [0.29, 0.717) is 11.3 Å². The molecular formula is C17H16FNO3S. The van der Waals surface area contributed by atoms with Gasteiger partial charge in [-0.05, 0) is 42.8 Å². The van der Waals surface area contributed by atoms with Crippen molar-refractivity contribution in [2.75, 3.05) is 17.7 Å². The maximum absolute atomic E-state index is 13.0. The predicted octanol–water partition coefficient (Wildman–Crippen LogP) is 2.53. The number of sulfone groups is 1. The van der Waals surface area contributed by atoms with Crippen LogP contribution in [0.25, 0.3) is 0 Å². The Morgan fingerprint density at radius 3 is 2.35 bits per heavy atom. The second-order valence-corrected chi connectivity index (χ2v) is 7.92. The molecule has 2 aromatic rings. The van der Waals surface area contributed by atoms with Crippen molar-refractivity contribution >= 4 is 21.4 Å². The number of nitrogens with zero attached hydrogens (tertiary/aromatic N) is 1. The number of hydrogen-bond donors (Lipinski definition) is 0. The van der Waals surface area contributed by atoms with E-state index in [1.165, 1.54) is 17.0 Å². The van der Waals surface area contributed by atoms with Gasteiger partial charge in [0.05, 0.1) is 16.1 Å². The van der Waals surface area contributed by atoms with Crippen molar-refractivity contribution < 1.29 is 17.6 Å². The van der Waals surface area contributed by atoms with Gasteiger partial charge in [-0.25, -0.2) is 12.8 Å². The molecule has 1 unspecified atom stereocenters. The topological polar surface area (TPSA) is 54.5 Å². The summed E-state index contributed by atoms with van der Waals surface area (Å²) in [5, 5.41) is 0. The minimum Gasteiger partial charge on any atom is -0.314 e. The summed E-state index contributed by atoms with van der Waals surface area (Å²) in [7, 11) is -2.10. The van der Waals surface area contributed by atoms with Crippen LogP contribution in [0.4, 0.5) is 10.1 Å². The Bertz CT molecular complexity index is 877. The Morgan fingerprint density at radius 1 is 1.09 bits per heavy atom. The van der Waals surface area contributed by atoms with Crippen LogP contribution in [0.3, 0.4) is 0 Å². The van der Waals surface area contributed by atoms with Gasteiger partial charge in [-0.3, -0.25) is 4.79 Å². The zero-order chi connectivity index (χ0) is 16.8. The maximum atomic E-state index is 13.0. The van der Waals surface area contributed by atoms with E-state index in [9.17, 15) is 17.6 Å². The van der Waals surface area contributed by atoms with Crippen LogP contribution in [0.5, 0.6) is 0 Å². The molecule has 1 atom stereocenters. The highest BCUT2D eigenvalue weighted by Crippen LogP contribution is 2.42. The summed E-state index contributed by atoms with van der Waals surface area (Å²) in [5.74, 6) is -1.12. The molecule has 120 valence electrons. The first-order chi connectivity index (χ1) is 10.8. The van der Waals surface area contributed by atoms with Crippen LogP contribution in [-0.4, -0.2) is 27.1 Å².